The molecule has 0 unspecified atom stereocenters. The van der Waals surface area contributed by atoms with Crippen LogP contribution in [-0.4, -0.2) is 18.2 Å². The van der Waals surface area contributed by atoms with Crippen LogP contribution in [0.25, 0.3) is 0 Å². The minimum Gasteiger partial charge on any atom is -0.480 e. The number of halogens is 1. The van der Waals surface area contributed by atoms with Gasteiger partial charge in [0.15, 0.2) is 0 Å². The van der Waals surface area contributed by atoms with Gasteiger partial charge in [-0.25, -0.2) is 0 Å². The van der Waals surface area contributed by atoms with E-state index in [1.54, 1.807) is 13.2 Å². The zero-order valence-corrected chi connectivity index (χ0v) is 7.01. The molecule has 0 aliphatic carbocycles. The van der Waals surface area contributed by atoms with E-state index >= 15 is 0 Å². The zero-order chi connectivity index (χ0) is 8.27. The molecule has 1 aliphatic heterocycles. The highest BCUT2D eigenvalue weighted by Crippen LogP contribution is 1.99. The minimum absolute atomic E-state index is 0.495. The van der Waals surface area contributed by atoms with E-state index in [9.17, 15) is 0 Å². The van der Waals surface area contributed by atoms with Crippen molar-refractivity contribution in [3.05, 3.63) is 11.8 Å². The van der Waals surface area contributed by atoms with Crippen LogP contribution in [0.5, 0.6) is 0 Å². The Morgan fingerprint density at radius 1 is 1.82 bits per heavy atom. The van der Waals surface area contributed by atoms with Crippen LogP contribution in [-0.2, 0) is 4.74 Å². The number of allylic oxidation sites excluding steroid dienone is 1. The maximum Gasteiger partial charge on any atom is 0.236 e. The maximum absolute atomic E-state index is 5.29. The van der Waals surface area contributed by atoms with Crippen LogP contribution < -0.4 is 10.4 Å². The van der Waals surface area contributed by atoms with E-state index in [2.05, 4.69) is 15.5 Å². The number of hydrazone groups is 1. The molecule has 1 heterocycles. The van der Waals surface area contributed by atoms with Crippen molar-refractivity contribution in [3.63, 3.8) is 0 Å². The minimum atomic E-state index is 0.495. The Morgan fingerprint density at radius 2 is 2.55 bits per heavy atom. The largest absolute Gasteiger partial charge is 0.480 e. The van der Waals surface area contributed by atoms with Crippen LogP contribution in [0, 0.1) is 0 Å². The second kappa shape index (κ2) is 3.45. The lowest BCUT2D eigenvalue weighted by molar-refractivity contribution is 0.178. The van der Waals surface area contributed by atoms with Crippen molar-refractivity contribution in [1.82, 2.24) is 15.6 Å². The molecule has 2 N–H and O–H groups in total. The Morgan fingerprint density at radius 3 is 3.09 bits per heavy atom. The summed E-state index contributed by atoms with van der Waals surface area (Å²) in [7, 11) is 1.54. The molecule has 0 fully saturated rings. The summed E-state index contributed by atoms with van der Waals surface area (Å²) in [5.41, 5.74) is 3.71. The van der Waals surface area contributed by atoms with Crippen LogP contribution in [0.4, 0.5) is 0 Å². The number of methoxy groups -OCH3 is 1. The molecule has 0 aromatic rings. The van der Waals surface area contributed by atoms with E-state index < -0.39 is 0 Å². The van der Waals surface area contributed by atoms with E-state index in [1.807, 2.05) is 6.92 Å². The van der Waals surface area contributed by atoms with E-state index in [0.717, 1.165) is 5.70 Å². The van der Waals surface area contributed by atoms with E-state index in [4.69, 9.17) is 16.5 Å². The molecule has 0 radical (unpaired) electrons. The normalized spacial score (nSPS) is 16.8. The molecule has 0 saturated heterocycles. The third-order valence-electron chi connectivity index (χ3n) is 1.11. The fourth-order valence-corrected chi connectivity index (χ4v) is 0.757. The predicted octanol–water partition coefficient (Wildman–Crippen LogP) is 0.329. The molecule has 11 heavy (non-hydrogen) atoms. The van der Waals surface area contributed by atoms with Crippen molar-refractivity contribution in [1.29, 1.82) is 0 Å². The molecule has 0 atom stereocenters. The molecular weight excluding hydrogens is 168 g/mol. The number of ether oxygens (including phenoxy) is 1. The van der Waals surface area contributed by atoms with Gasteiger partial charge in [0.25, 0.3) is 0 Å². The van der Waals surface area contributed by atoms with Crippen molar-refractivity contribution in [2.24, 2.45) is 5.10 Å². The highest BCUT2D eigenvalue weighted by Gasteiger charge is 2.07. The highest BCUT2D eigenvalue weighted by molar-refractivity contribution is 6.13. The number of nitrogens with zero attached hydrogens (tertiary/aromatic N) is 2. The molecule has 0 bridgehead atoms. The Hall–Kier alpha value is -0.940. The molecular formula is C5H9ClN4O. The highest BCUT2D eigenvalue weighted by atomic mass is 35.5. The first kappa shape index (κ1) is 8.16. The van der Waals surface area contributed by atoms with Gasteiger partial charge in [0.2, 0.25) is 5.90 Å². The van der Waals surface area contributed by atoms with Crippen LogP contribution in [0.1, 0.15) is 6.92 Å². The van der Waals surface area contributed by atoms with Crippen LogP contribution in [0.3, 0.4) is 0 Å². The lowest BCUT2D eigenvalue weighted by Crippen LogP contribution is -2.41. The molecule has 1 aliphatic rings. The van der Waals surface area contributed by atoms with Gasteiger partial charge in [0.1, 0.15) is 0 Å². The number of hydrazine groups is 2. The summed E-state index contributed by atoms with van der Waals surface area (Å²) in [6.07, 6.45) is 1.75. The van der Waals surface area contributed by atoms with E-state index in [1.165, 1.54) is 5.23 Å². The number of nitrogens with one attached hydrogen (secondary N) is 2. The van der Waals surface area contributed by atoms with Gasteiger partial charge in [-0.05, 0) is 18.7 Å². The van der Waals surface area contributed by atoms with Crippen molar-refractivity contribution < 1.29 is 4.74 Å². The monoisotopic (exact) mass is 176 g/mol. The summed E-state index contributed by atoms with van der Waals surface area (Å²) in [5, 5.41) is 5.11. The average Bonchev–Trinajstić information content (AvgIpc) is 2.03. The van der Waals surface area contributed by atoms with Gasteiger partial charge in [-0.1, -0.05) is 0 Å². The molecule has 0 spiro atoms. The van der Waals surface area contributed by atoms with Gasteiger partial charge in [-0.2, -0.15) is 0 Å². The quantitative estimate of drug-likeness (QED) is 0.566. The van der Waals surface area contributed by atoms with Gasteiger partial charge in [0, 0.05) is 11.8 Å². The fraction of sp³-hybridized carbons (Fsp3) is 0.400. The summed E-state index contributed by atoms with van der Waals surface area (Å²) in [5.74, 6) is 0.495. The molecule has 6 heteroatoms. The molecule has 5 nitrogen and oxygen atoms in total. The van der Waals surface area contributed by atoms with E-state index in [0.29, 0.717) is 5.90 Å². The Kier molecular flexibility index (Phi) is 2.56. The maximum atomic E-state index is 5.29. The standard InChI is InChI=1S/C5H9ClN4O/c1-4-3-5(11-2)8-10(7-4)9-6/h3,7,9H,1-2H3. The molecule has 0 saturated carbocycles. The smallest absolute Gasteiger partial charge is 0.236 e. The Bertz CT molecular complexity index is 203. The van der Waals surface area contributed by atoms with Gasteiger partial charge >= 0.3 is 0 Å². The van der Waals surface area contributed by atoms with Crippen molar-refractivity contribution in [2.45, 2.75) is 6.92 Å². The fourth-order valence-electron chi connectivity index (χ4n) is 0.677. The predicted molar refractivity (Wildman–Crippen MR) is 42.2 cm³/mol. The van der Waals surface area contributed by atoms with E-state index in [-0.39, 0.29) is 0 Å². The van der Waals surface area contributed by atoms with Gasteiger partial charge in [0.05, 0.1) is 7.11 Å². The van der Waals surface area contributed by atoms with Crippen molar-refractivity contribution in [2.75, 3.05) is 7.11 Å². The third-order valence-corrected chi connectivity index (χ3v) is 1.27. The van der Waals surface area contributed by atoms with Crippen LogP contribution in [0.15, 0.2) is 16.9 Å². The molecule has 1 rings (SSSR count). The number of hydrogen-bond donors (Lipinski definition) is 2. The summed E-state index contributed by atoms with van der Waals surface area (Å²) in [6, 6.07) is 0. The second-order valence-electron chi connectivity index (χ2n) is 1.98. The van der Waals surface area contributed by atoms with Crippen molar-refractivity contribution >= 4 is 17.7 Å². The summed E-state index contributed by atoms with van der Waals surface area (Å²) in [4.78, 5) is 2.28. The van der Waals surface area contributed by atoms with Crippen molar-refractivity contribution in [3.8, 4) is 0 Å². The SMILES string of the molecule is COC1=NN(NCl)NC(C)=C1. The van der Waals surface area contributed by atoms with Crippen LogP contribution in [0.2, 0.25) is 0 Å². The third kappa shape index (κ3) is 1.99. The second-order valence-corrected chi connectivity index (χ2v) is 2.15. The average molecular weight is 177 g/mol. The lowest BCUT2D eigenvalue weighted by atomic mass is 10.4. The number of hydrogen-bond acceptors (Lipinski definition) is 5. The molecule has 0 amide bonds. The van der Waals surface area contributed by atoms with Gasteiger partial charge in [-0.15, -0.1) is 15.3 Å². The number of rotatable bonds is 1. The summed E-state index contributed by atoms with van der Waals surface area (Å²) in [6.45, 7) is 1.87. The molecule has 0 aromatic carbocycles. The van der Waals surface area contributed by atoms with Gasteiger partial charge < -0.3 is 4.74 Å². The Balaban J connectivity index is 2.69. The first-order valence-corrected chi connectivity index (χ1v) is 3.38. The molecule has 62 valence electrons. The topological polar surface area (TPSA) is 48.9 Å². The first-order chi connectivity index (χ1) is 5.26. The first-order valence-electron chi connectivity index (χ1n) is 3.00. The summed E-state index contributed by atoms with van der Waals surface area (Å²) < 4.78 is 4.89. The Labute approximate surface area is 69.7 Å². The van der Waals surface area contributed by atoms with Gasteiger partial charge in [-0.3, -0.25) is 5.43 Å². The molecule has 0 aromatic heterocycles. The summed E-state index contributed by atoms with van der Waals surface area (Å²) >= 11 is 5.29. The zero-order valence-electron chi connectivity index (χ0n) is 6.26. The van der Waals surface area contributed by atoms with Crippen LogP contribution >= 0.6 is 11.8 Å². The lowest BCUT2D eigenvalue weighted by Gasteiger charge is -2.21.